The number of benzene rings is 2. The molecule has 3 rings (SSSR count). The van der Waals surface area contributed by atoms with Crippen LogP contribution in [-0.4, -0.2) is 0 Å². The quantitative estimate of drug-likeness (QED) is 0.148. The van der Waals surface area contributed by atoms with Gasteiger partial charge in [-0.1, -0.05) is 152 Å². The molecule has 2 aromatic carbocycles. The molecule has 0 spiro atoms. The molecule has 1 saturated carbocycles. The van der Waals surface area contributed by atoms with Crippen molar-refractivity contribution in [3.05, 3.63) is 70.8 Å². The van der Waals surface area contributed by atoms with Gasteiger partial charge in [-0.25, -0.2) is 0 Å². The second-order valence-corrected chi connectivity index (χ2v) is 12.3. The molecule has 0 unspecified atom stereocenters. The topological polar surface area (TPSA) is 0 Å². The van der Waals surface area contributed by atoms with Crippen molar-refractivity contribution in [2.24, 2.45) is 11.8 Å². The zero-order valence-corrected chi connectivity index (χ0v) is 25.9. The SMILES string of the molecule is CCCCCCCCC#Cc1ccc(C#Cc2ccc(CCC3CCC(CCCCCCCC)CC3)cc2)cc1. The molecule has 40 heavy (non-hydrogen) atoms. The molecule has 0 saturated heterocycles. The molecule has 0 N–H and O–H groups in total. The summed E-state index contributed by atoms with van der Waals surface area (Å²) in [5, 5.41) is 0. The molecule has 0 heterocycles. The molecular formula is C40H56. The highest BCUT2D eigenvalue weighted by molar-refractivity contribution is 5.46. The Bertz CT molecular complexity index is 1030. The van der Waals surface area contributed by atoms with Crippen molar-refractivity contribution in [3.63, 3.8) is 0 Å². The number of hydrogen-bond donors (Lipinski definition) is 0. The van der Waals surface area contributed by atoms with E-state index >= 15 is 0 Å². The van der Waals surface area contributed by atoms with Crippen LogP contribution in [-0.2, 0) is 6.42 Å². The van der Waals surface area contributed by atoms with Crippen LogP contribution in [0, 0.1) is 35.5 Å². The van der Waals surface area contributed by atoms with E-state index in [4.69, 9.17) is 0 Å². The van der Waals surface area contributed by atoms with Gasteiger partial charge in [0, 0.05) is 23.1 Å². The highest BCUT2D eigenvalue weighted by atomic mass is 14.3. The van der Waals surface area contributed by atoms with Gasteiger partial charge in [0.2, 0.25) is 0 Å². The van der Waals surface area contributed by atoms with Crippen LogP contribution in [0.1, 0.15) is 158 Å². The van der Waals surface area contributed by atoms with Crippen molar-refractivity contribution in [1.82, 2.24) is 0 Å². The van der Waals surface area contributed by atoms with E-state index in [1.165, 1.54) is 128 Å². The monoisotopic (exact) mass is 536 g/mol. The normalized spacial score (nSPS) is 16.6. The lowest BCUT2D eigenvalue weighted by atomic mass is 9.77. The van der Waals surface area contributed by atoms with Gasteiger partial charge >= 0.3 is 0 Å². The van der Waals surface area contributed by atoms with Gasteiger partial charge in [0.05, 0.1) is 0 Å². The van der Waals surface area contributed by atoms with Gasteiger partial charge in [-0.15, -0.1) is 0 Å². The van der Waals surface area contributed by atoms with E-state index in [-0.39, 0.29) is 0 Å². The van der Waals surface area contributed by atoms with Crippen molar-refractivity contribution >= 4 is 0 Å². The minimum absolute atomic E-state index is 0.934. The zero-order chi connectivity index (χ0) is 28.1. The summed E-state index contributed by atoms with van der Waals surface area (Å²) in [6.45, 7) is 4.57. The molecule has 1 fully saturated rings. The Morgan fingerprint density at radius 2 is 0.950 bits per heavy atom. The molecule has 0 amide bonds. The number of hydrogen-bond acceptors (Lipinski definition) is 0. The minimum atomic E-state index is 0.934. The van der Waals surface area contributed by atoms with E-state index in [2.05, 4.69) is 86.1 Å². The Balaban J connectivity index is 1.31. The molecule has 0 nitrogen and oxygen atoms in total. The fourth-order valence-electron chi connectivity index (χ4n) is 6.09. The summed E-state index contributed by atoms with van der Waals surface area (Å²) in [7, 11) is 0. The van der Waals surface area contributed by atoms with Crippen LogP contribution >= 0.6 is 0 Å². The highest BCUT2D eigenvalue weighted by Crippen LogP contribution is 2.34. The van der Waals surface area contributed by atoms with E-state index < -0.39 is 0 Å². The lowest BCUT2D eigenvalue weighted by Crippen LogP contribution is -2.15. The maximum Gasteiger partial charge on any atom is 0.0249 e. The third kappa shape index (κ3) is 13.8. The molecular weight excluding hydrogens is 480 g/mol. The van der Waals surface area contributed by atoms with Crippen LogP contribution < -0.4 is 0 Å². The molecule has 2 aromatic rings. The third-order valence-electron chi connectivity index (χ3n) is 8.85. The van der Waals surface area contributed by atoms with Crippen LogP contribution in [0.4, 0.5) is 0 Å². The van der Waals surface area contributed by atoms with E-state index in [0.29, 0.717) is 0 Å². The summed E-state index contributed by atoms with van der Waals surface area (Å²) in [6.07, 6.45) is 27.4. The third-order valence-corrected chi connectivity index (χ3v) is 8.85. The Morgan fingerprint density at radius 1 is 0.500 bits per heavy atom. The van der Waals surface area contributed by atoms with Gasteiger partial charge < -0.3 is 0 Å². The molecule has 0 heteroatoms. The van der Waals surface area contributed by atoms with Gasteiger partial charge in [-0.3, -0.25) is 0 Å². The lowest BCUT2D eigenvalue weighted by molar-refractivity contribution is 0.248. The standard InChI is InChI=1S/C40H56/c1-3-5-7-9-11-12-14-16-18-36-21-25-38(26-22-36)28-30-40-33-31-39(32-34-40)29-27-37-23-19-35(20-24-37)17-15-13-10-8-6-4-2/h21-22,25-26,31-35,37H,3-15,17,19-20,23-24,27,29H2,1-2H3. The van der Waals surface area contributed by atoms with Gasteiger partial charge in [0.25, 0.3) is 0 Å². The van der Waals surface area contributed by atoms with Crippen LogP contribution in [0.5, 0.6) is 0 Å². The first kappa shape index (κ1) is 32.1. The zero-order valence-electron chi connectivity index (χ0n) is 25.9. The Labute approximate surface area is 248 Å². The number of aryl methyl sites for hydroxylation is 1. The second-order valence-electron chi connectivity index (χ2n) is 12.3. The van der Waals surface area contributed by atoms with Crippen molar-refractivity contribution in [2.75, 3.05) is 0 Å². The van der Waals surface area contributed by atoms with E-state index in [0.717, 1.165) is 34.9 Å². The van der Waals surface area contributed by atoms with Gasteiger partial charge in [-0.05, 0) is 73.1 Å². The maximum absolute atomic E-state index is 3.34. The van der Waals surface area contributed by atoms with Gasteiger partial charge in [-0.2, -0.15) is 0 Å². The maximum atomic E-state index is 3.34. The van der Waals surface area contributed by atoms with Crippen molar-refractivity contribution < 1.29 is 0 Å². The second kappa shape index (κ2) is 20.4. The summed E-state index contributed by atoms with van der Waals surface area (Å²) in [5.41, 5.74) is 4.70. The smallest absolute Gasteiger partial charge is 0.0249 e. The number of rotatable bonds is 16. The first-order chi connectivity index (χ1) is 19.8. The molecule has 1 aliphatic carbocycles. The average Bonchev–Trinajstić information content (AvgIpc) is 3.00. The summed E-state index contributed by atoms with van der Waals surface area (Å²) in [5.74, 6) is 15.3. The van der Waals surface area contributed by atoms with Crippen LogP contribution in [0.25, 0.3) is 0 Å². The van der Waals surface area contributed by atoms with Gasteiger partial charge in [0.1, 0.15) is 0 Å². The van der Waals surface area contributed by atoms with E-state index in [9.17, 15) is 0 Å². The Hall–Kier alpha value is -2.44. The minimum Gasteiger partial charge on any atom is -0.0979 e. The first-order valence-corrected chi connectivity index (χ1v) is 17.0. The van der Waals surface area contributed by atoms with Crippen molar-refractivity contribution in [1.29, 1.82) is 0 Å². The molecule has 216 valence electrons. The molecule has 0 aromatic heterocycles. The van der Waals surface area contributed by atoms with Crippen LogP contribution in [0.3, 0.4) is 0 Å². The fraction of sp³-hybridized carbons (Fsp3) is 0.600. The lowest BCUT2D eigenvalue weighted by Gasteiger charge is -2.28. The van der Waals surface area contributed by atoms with Crippen molar-refractivity contribution in [3.8, 4) is 23.7 Å². The molecule has 0 atom stereocenters. The molecule has 0 bridgehead atoms. The highest BCUT2D eigenvalue weighted by Gasteiger charge is 2.20. The summed E-state index contributed by atoms with van der Waals surface area (Å²) in [6, 6.07) is 17.4. The van der Waals surface area contributed by atoms with Crippen molar-refractivity contribution in [2.45, 2.75) is 142 Å². The predicted octanol–water partition coefficient (Wildman–Crippen LogP) is 11.7. The summed E-state index contributed by atoms with van der Waals surface area (Å²) in [4.78, 5) is 0. The summed E-state index contributed by atoms with van der Waals surface area (Å²) >= 11 is 0. The Morgan fingerprint density at radius 3 is 1.52 bits per heavy atom. The van der Waals surface area contributed by atoms with Gasteiger partial charge in [0.15, 0.2) is 0 Å². The largest absolute Gasteiger partial charge is 0.0979 e. The fourth-order valence-corrected chi connectivity index (χ4v) is 6.09. The molecule has 0 radical (unpaired) electrons. The average molecular weight is 537 g/mol. The van der Waals surface area contributed by atoms with E-state index in [1.807, 2.05) is 0 Å². The molecule has 0 aliphatic heterocycles. The Kier molecular flexibility index (Phi) is 16.4. The van der Waals surface area contributed by atoms with E-state index in [1.54, 1.807) is 0 Å². The van der Waals surface area contributed by atoms with Crippen LogP contribution in [0.15, 0.2) is 48.5 Å². The summed E-state index contributed by atoms with van der Waals surface area (Å²) < 4.78 is 0. The predicted molar refractivity (Wildman–Crippen MR) is 175 cm³/mol. The number of unbranched alkanes of at least 4 members (excludes halogenated alkanes) is 11. The van der Waals surface area contributed by atoms with Crippen LogP contribution in [0.2, 0.25) is 0 Å². The molecule has 1 aliphatic rings. The first-order valence-electron chi connectivity index (χ1n) is 17.0.